The second-order valence-corrected chi connectivity index (χ2v) is 3.81. The topological polar surface area (TPSA) is 40.2 Å². The van der Waals surface area contributed by atoms with Crippen molar-refractivity contribution < 1.29 is 0 Å². The van der Waals surface area contributed by atoms with E-state index >= 15 is 0 Å². The second-order valence-electron chi connectivity index (χ2n) is 3.81. The Labute approximate surface area is 89.2 Å². The maximum atomic E-state index is 8.65. The Morgan fingerprint density at radius 2 is 2.00 bits per heavy atom. The quantitative estimate of drug-likeness (QED) is 0.740. The van der Waals surface area contributed by atoms with Gasteiger partial charge in [-0.1, -0.05) is 0 Å². The molecule has 1 N–H and O–H groups in total. The van der Waals surface area contributed by atoms with E-state index in [0.29, 0.717) is 5.56 Å². The van der Waals surface area contributed by atoms with Gasteiger partial charge in [-0.2, -0.15) is 5.26 Å². The minimum Gasteiger partial charge on any atom is -0.314 e. The van der Waals surface area contributed by atoms with E-state index in [9.17, 15) is 0 Å². The lowest BCUT2D eigenvalue weighted by atomic mass is 9.85. The molecule has 2 rings (SSSR count). The van der Waals surface area contributed by atoms with Crippen LogP contribution in [-0.2, 0) is 0 Å². The van der Waals surface area contributed by atoms with Crippen LogP contribution in [-0.4, -0.2) is 5.66 Å². The molecule has 1 aliphatic carbocycles. The first-order valence-corrected chi connectivity index (χ1v) is 4.95. The highest BCUT2D eigenvalue weighted by molar-refractivity contribution is 5.50. The maximum Gasteiger partial charge on any atom is 0.305 e. The Balaban J connectivity index is 2.12. The molecular weight excluding hydrogens is 186 g/mol. The van der Waals surface area contributed by atoms with Crippen molar-refractivity contribution in [1.82, 2.24) is 0 Å². The van der Waals surface area contributed by atoms with Gasteiger partial charge in [0.2, 0.25) is 0 Å². The van der Waals surface area contributed by atoms with Crippen LogP contribution < -0.4 is 5.32 Å². The van der Waals surface area contributed by atoms with Gasteiger partial charge in [-0.25, -0.2) is 6.57 Å². The van der Waals surface area contributed by atoms with Crippen LogP contribution >= 0.6 is 0 Å². The Kier molecular flexibility index (Phi) is 2.31. The molecule has 3 heteroatoms. The summed E-state index contributed by atoms with van der Waals surface area (Å²) in [7, 11) is 0. The van der Waals surface area contributed by atoms with Crippen LogP contribution in [0.25, 0.3) is 4.85 Å². The summed E-state index contributed by atoms with van der Waals surface area (Å²) in [4.78, 5) is 3.64. The summed E-state index contributed by atoms with van der Waals surface area (Å²) >= 11 is 0. The van der Waals surface area contributed by atoms with Crippen molar-refractivity contribution in [1.29, 1.82) is 5.26 Å². The largest absolute Gasteiger partial charge is 0.314 e. The molecule has 0 aromatic heterocycles. The summed E-state index contributed by atoms with van der Waals surface area (Å²) in [6, 6.07) is 9.30. The van der Waals surface area contributed by atoms with Gasteiger partial charge in [-0.3, -0.25) is 4.85 Å². The Bertz CT molecular complexity index is 429. The molecule has 0 unspecified atom stereocenters. The fourth-order valence-electron chi connectivity index (χ4n) is 1.67. The standard InChI is InChI=1S/C12H11N3/c1-14-12(7-2-8-12)15-11-5-3-10(9-13)4-6-11/h3-6,15H,2,7-8H2. The number of nitriles is 1. The molecule has 1 saturated carbocycles. The molecule has 1 aromatic rings. The lowest BCUT2D eigenvalue weighted by Crippen LogP contribution is -2.41. The number of nitrogens with zero attached hydrogens (tertiary/aromatic N) is 2. The molecule has 0 atom stereocenters. The third-order valence-corrected chi connectivity index (χ3v) is 2.79. The second kappa shape index (κ2) is 3.63. The summed E-state index contributed by atoms with van der Waals surface area (Å²) in [6.07, 6.45) is 2.94. The number of rotatable bonds is 2. The van der Waals surface area contributed by atoms with Gasteiger partial charge in [0.1, 0.15) is 0 Å². The van der Waals surface area contributed by atoms with Crippen molar-refractivity contribution in [3.8, 4) is 6.07 Å². The molecule has 15 heavy (non-hydrogen) atoms. The zero-order chi connectivity index (χ0) is 10.7. The zero-order valence-electron chi connectivity index (χ0n) is 8.33. The van der Waals surface area contributed by atoms with E-state index in [1.807, 2.05) is 12.1 Å². The fourth-order valence-corrected chi connectivity index (χ4v) is 1.67. The van der Waals surface area contributed by atoms with E-state index in [1.54, 1.807) is 12.1 Å². The van der Waals surface area contributed by atoms with E-state index in [4.69, 9.17) is 11.8 Å². The van der Waals surface area contributed by atoms with Crippen LogP contribution in [0.3, 0.4) is 0 Å². The normalized spacial score (nSPS) is 16.9. The van der Waals surface area contributed by atoms with E-state index < -0.39 is 0 Å². The molecule has 3 nitrogen and oxygen atoms in total. The zero-order valence-corrected chi connectivity index (χ0v) is 8.33. The SMILES string of the molecule is [C-]#[N+]C1(Nc2ccc(C#N)cc2)CCC1. The molecule has 0 saturated heterocycles. The average Bonchev–Trinajstić information content (AvgIpc) is 2.24. The van der Waals surface area contributed by atoms with Gasteiger partial charge in [0.25, 0.3) is 0 Å². The van der Waals surface area contributed by atoms with Crippen LogP contribution in [0, 0.1) is 17.9 Å². The highest BCUT2D eigenvalue weighted by Gasteiger charge is 2.43. The maximum absolute atomic E-state index is 8.65. The number of hydrogen-bond donors (Lipinski definition) is 1. The summed E-state index contributed by atoms with van der Waals surface area (Å²) in [5.41, 5.74) is 1.18. The first kappa shape index (κ1) is 9.55. The number of anilines is 1. The van der Waals surface area contributed by atoms with Crippen LogP contribution in [0.5, 0.6) is 0 Å². The molecule has 0 radical (unpaired) electrons. The highest BCUT2D eigenvalue weighted by atomic mass is 15.1. The smallest absolute Gasteiger partial charge is 0.305 e. The molecule has 74 valence electrons. The van der Waals surface area contributed by atoms with Crippen molar-refractivity contribution in [2.45, 2.75) is 24.9 Å². The number of nitrogens with one attached hydrogen (secondary N) is 1. The summed E-state index contributed by atoms with van der Waals surface area (Å²) < 4.78 is 0. The van der Waals surface area contributed by atoms with Crippen molar-refractivity contribution in [3.05, 3.63) is 41.2 Å². The predicted molar refractivity (Wildman–Crippen MR) is 58.0 cm³/mol. The fraction of sp³-hybridized carbons (Fsp3) is 0.333. The summed E-state index contributed by atoms with van der Waals surface area (Å²) in [6.45, 7) is 7.15. The van der Waals surface area contributed by atoms with Crippen molar-refractivity contribution >= 4 is 5.69 Å². The summed E-state index contributed by atoms with van der Waals surface area (Å²) in [5.74, 6) is 0. The lowest BCUT2D eigenvalue weighted by molar-refractivity contribution is 0.343. The van der Waals surface area contributed by atoms with Gasteiger partial charge < -0.3 is 5.32 Å². The van der Waals surface area contributed by atoms with Gasteiger partial charge in [-0.05, 0) is 30.7 Å². The predicted octanol–water partition coefficient (Wildman–Crippen LogP) is 2.77. The molecule has 1 aromatic carbocycles. The Morgan fingerprint density at radius 3 is 2.40 bits per heavy atom. The van der Waals surface area contributed by atoms with E-state index in [1.165, 1.54) is 0 Å². The van der Waals surface area contributed by atoms with Gasteiger partial charge in [0, 0.05) is 18.5 Å². The molecule has 1 aliphatic rings. The van der Waals surface area contributed by atoms with Gasteiger partial charge in [0.15, 0.2) is 0 Å². The first-order valence-electron chi connectivity index (χ1n) is 4.95. The first-order chi connectivity index (χ1) is 7.28. The van der Waals surface area contributed by atoms with Crippen LogP contribution in [0.15, 0.2) is 24.3 Å². The summed E-state index contributed by atoms with van der Waals surface area (Å²) in [5, 5.41) is 11.9. The monoisotopic (exact) mass is 197 g/mol. The molecular formula is C12H11N3. The van der Waals surface area contributed by atoms with Crippen molar-refractivity contribution in [2.75, 3.05) is 5.32 Å². The van der Waals surface area contributed by atoms with E-state index in [2.05, 4.69) is 16.2 Å². The van der Waals surface area contributed by atoms with Crippen molar-refractivity contribution in [3.63, 3.8) is 0 Å². The number of hydrogen-bond acceptors (Lipinski definition) is 2. The van der Waals surface area contributed by atoms with Gasteiger partial charge in [0.05, 0.1) is 11.6 Å². The average molecular weight is 197 g/mol. The molecule has 0 heterocycles. The molecule has 0 bridgehead atoms. The Hall–Kier alpha value is -2.00. The van der Waals surface area contributed by atoms with E-state index in [0.717, 1.165) is 24.9 Å². The van der Waals surface area contributed by atoms with Crippen molar-refractivity contribution in [2.24, 2.45) is 0 Å². The third kappa shape index (κ3) is 1.78. The van der Waals surface area contributed by atoms with Crippen LogP contribution in [0.1, 0.15) is 24.8 Å². The van der Waals surface area contributed by atoms with Gasteiger partial charge in [-0.15, -0.1) is 0 Å². The number of benzene rings is 1. The molecule has 1 fully saturated rings. The Morgan fingerprint density at radius 1 is 1.33 bits per heavy atom. The third-order valence-electron chi connectivity index (χ3n) is 2.79. The van der Waals surface area contributed by atoms with Crippen LogP contribution in [0.4, 0.5) is 5.69 Å². The highest BCUT2D eigenvalue weighted by Crippen LogP contribution is 2.36. The minimum absolute atomic E-state index is 0.381. The molecule has 0 spiro atoms. The van der Waals surface area contributed by atoms with Crippen LogP contribution in [0.2, 0.25) is 0 Å². The molecule has 0 aliphatic heterocycles. The molecule has 0 amide bonds. The van der Waals surface area contributed by atoms with E-state index in [-0.39, 0.29) is 5.66 Å². The van der Waals surface area contributed by atoms with Gasteiger partial charge >= 0.3 is 5.66 Å². The lowest BCUT2D eigenvalue weighted by Gasteiger charge is -2.31. The minimum atomic E-state index is -0.381.